The summed E-state index contributed by atoms with van der Waals surface area (Å²) in [5.41, 5.74) is 0.510. The number of carbonyl (C=O) groups is 2. The predicted molar refractivity (Wildman–Crippen MR) is 119 cm³/mol. The van der Waals surface area contributed by atoms with Gasteiger partial charge in [0.05, 0.1) is 13.2 Å². The largest absolute Gasteiger partial charge is 0.494 e. The van der Waals surface area contributed by atoms with Gasteiger partial charge in [0.2, 0.25) is 0 Å². The number of Topliss-reactive ketones (excluding diaryl/α,β-unsaturated/α-hetero) is 1. The fraction of sp³-hybridized carbons (Fsp3) is 0.680. The van der Waals surface area contributed by atoms with E-state index < -0.39 is 5.97 Å². The van der Waals surface area contributed by atoms with Crippen LogP contribution in [0.15, 0.2) is 24.3 Å². The molecule has 1 aromatic carbocycles. The summed E-state index contributed by atoms with van der Waals surface area (Å²) >= 11 is 0. The molecule has 0 saturated carbocycles. The van der Waals surface area contributed by atoms with Crippen LogP contribution in [-0.2, 0) is 9.53 Å². The van der Waals surface area contributed by atoms with Crippen LogP contribution in [0.4, 0.5) is 0 Å². The lowest BCUT2D eigenvalue weighted by Crippen LogP contribution is -2.11. The number of ether oxygens (including phenoxy) is 2. The van der Waals surface area contributed by atoms with E-state index in [1.54, 1.807) is 31.2 Å². The van der Waals surface area contributed by atoms with Crippen molar-refractivity contribution in [3.05, 3.63) is 29.8 Å². The average Bonchev–Trinajstić information content (AvgIpc) is 2.72. The van der Waals surface area contributed by atoms with Gasteiger partial charge in [-0.3, -0.25) is 9.59 Å². The maximum Gasteiger partial charge on any atom is 0.313 e. The number of carbonyl (C=O) groups excluding carboxylic acids is 2. The van der Waals surface area contributed by atoms with Crippen molar-refractivity contribution in [3.63, 3.8) is 0 Å². The number of hydrogen-bond donors (Lipinski definition) is 0. The maximum absolute atomic E-state index is 12.0. The normalized spacial score (nSPS) is 10.7. The molecule has 4 nitrogen and oxygen atoms in total. The van der Waals surface area contributed by atoms with Crippen molar-refractivity contribution in [1.82, 2.24) is 0 Å². The Hall–Kier alpha value is -1.84. The van der Waals surface area contributed by atoms with E-state index in [0.717, 1.165) is 12.2 Å². The Morgan fingerprint density at radius 1 is 0.724 bits per heavy atom. The number of ketones is 1. The van der Waals surface area contributed by atoms with Gasteiger partial charge in [0.15, 0.2) is 5.78 Å². The summed E-state index contributed by atoms with van der Waals surface area (Å²) in [6.45, 7) is 4.98. The molecule has 0 spiro atoms. The second-order valence-corrected chi connectivity index (χ2v) is 7.67. The first kappa shape index (κ1) is 25.2. The summed E-state index contributed by atoms with van der Waals surface area (Å²) in [6, 6.07) is 7.00. The van der Waals surface area contributed by atoms with Crippen LogP contribution in [0.1, 0.15) is 108 Å². The van der Waals surface area contributed by atoms with Crippen LogP contribution in [0.3, 0.4) is 0 Å². The van der Waals surface area contributed by atoms with Gasteiger partial charge in [-0.25, -0.2) is 0 Å². The Bertz CT molecular complexity index is 550. The van der Waals surface area contributed by atoms with Crippen LogP contribution in [-0.4, -0.2) is 25.0 Å². The maximum atomic E-state index is 12.0. The minimum atomic E-state index is -0.482. The van der Waals surface area contributed by atoms with Crippen molar-refractivity contribution in [3.8, 4) is 5.75 Å². The van der Waals surface area contributed by atoms with Gasteiger partial charge < -0.3 is 9.47 Å². The van der Waals surface area contributed by atoms with Crippen LogP contribution >= 0.6 is 0 Å². The molecule has 0 unspecified atom stereocenters. The molecule has 1 rings (SSSR count). The highest BCUT2D eigenvalue weighted by atomic mass is 16.5. The molecule has 0 aliphatic heterocycles. The van der Waals surface area contributed by atoms with Crippen molar-refractivity contribution < 1.29 is 19.1 Å². The number of unbranched alkanes of at least 4 members (excludes halogenated alkanes) is 11. The Kier molecular flexibility index (Phi) is 14.8. The van der Waals surface area contributed by atoms with Crippen LogP contribution in [0, 0.1) is 0 Å². The monoisotopic (exact) mass is 404 g/mol. The zero-order chi connectivity index (χ0) is 21.2. The molecular weight excluding hydrogens is 364 g/mol. The SMILES string of the molecule is CCCCCCCCCCCCCCOc1ccc(C(=O)CC(=O)OCC)cc1. The topological polar surface area (TPSA) is 52.6 Å². The molecule has 0 aliphatic carbocycles. The molecule has 4 heteroatoms. The predicted octanol–water partition coefficient (Wildman–Crippen LogP) is 6.90. The molecule has 0 amide bonds. The standard InChI is InChI=1S/C25H40O4/c1-3-5-6-7-8-9-10-11-12-13-14-15-20-29-23-18-16-22(17-19-23)24(26)21-25(27)28-4-2/h16-19H,3-15,20-21H2,1-2H3. The van der Waals surface area contributed by atoms with E-state index in [-0.39, 0.29) is 18.8 Å². The molecule has 164 valence electrons. The van der Waals surface area contributed by atoms with Gasteiger partial charge in [-0.05, 0) is 37.6 Å². The van der Waals surface area contributed by atoms with Gasteiger partial charge in [-0.1, -0.05) is 77.6 Å². The summed E-state index contributed by atoms with van der Waals surface area (Å²) < 4.78 is 10.6. The zero-order valence-corrected chi connectivity index (χ0v) is 18.5. The first-order valence-corrected chi connectivity index (χ1v) is 11.6. The number of rotatable bonds is 18. The van der Waals surface area contributed by atoms with Crippen LogP contribution < -0.4 is 4.74 Å². The van der Waals surface area contributed by atoms with Crippen molar-refractivity contribution >= 4 is 11.8 Å². The third-order valence-corrected chi connectivity index (χ3v) is 5.05. The van der Waals surface area contributed by atoms with Gasteiger partial charge in [0, 0.05) is 5.56 Å². The zero-order valence-electron chi connectivity index (χ0n) is 18.5. The molecule has 1 aromatic rings. The van der Waals surface area contributed by atoms with Crippen molar-refractivity contribution in [2.45, 2.75) is 97.3 Å². The Morgan fingerprint density at radius 2 is 1.24 bits per heavy atom. The molecule has 0 saturated heterocycles. The lowest BCUT2D eigenvalue weighted by molar-refractivity contribution is -0.141. The highest BCUT2D eigenvalue weighted by molar-refractivity contribution is 6.05. The fourth-order valence-corrected chi connectivity index (χ4v) is 3.32. The lowest BCUT2D eigenvalue weighted by atomic mass is 10.1. The Labute approximate surface area is 177 Å². The number of benzene rings is 1. The van der Waals surface area contributed by atoms with Crippen LogP contribution in [0.5, 0.6) is 5.75 Å². The minimum Gasteiger partial charge on any atom is -0.494 e. The molecule has 29 heavy (non-hydrogen) atoms. The van der Waals surface area contributed by atoms with Crippen molar-refractivity contribution in [1.29, 1.82) is 0 Å². The highest BCUT2D eigenvalue weighted by Gasteiger charge is 2.12. The number of hydrogen-bond acceptors (Lipinski definition) is 4. The van der Waals surface area contributed by atoms with Gasteiger partial charge in [-0.2, -0.15) is 0 Å². The molecule has 0 bridgehead atoms. The molecular formula is C25H40O4. The van der Waals surface area contributed by atoms with E-state index in [1.807, 2.05) is 0 Å². The first-order chi connectivity index (χ1) is 14.2. The van der Waals surface area contributed by atoms with E-state index in [9.17, 15) is 9.59 Å². The van der Waals surface area contributed by atoms with Gasteiger partial charge in [0.25, 0.3) is 0 Å². The Morgan fingerprint density at radius 3 is 1.76 bits per heavy atom. The molecule has 0 atom stereocenters. The molecule has 0 aromatic heterocycles. The molecule has 0 aliphatic rings. The second-order valence-electron chi connectivity index (χ2n) is 7.67. The third-order valence-electron chi connectivity index (χ3n) is 5.05. The third kappa shape index (κ3) is 13.1. The number of esters is 1. The Balaban J connectivity index is 2.02. The van der Waals surface area contributed by atoms with Gasteiger partial charge in [0.1, 0.15) is 12.2 Å². The van der Waals surface area contributed by atoms with E-state index >= 15 is 0 Å². The highest BCUT2D eigenvalue weighted by Crippen LogP contribution is 2.15. The van der Waals surface area contributed by atoms with Crippen molar-refractivity contribution in [2.75, 3.05) is 13.2 Å². The second kappa shape index (κ2) is 17.1. The van der Waals surface area contributed by atoms with E-state index in [4.69, 9.17) is 9.47 Å². The van der Waals surface area contributed by atoms with Gasteiger partial charge in [-0.15, -0.1) is 0 Å². The lowest BCUT2D eigenvalue weighted by Gasteiger charge is -2.07. The van der Waals surface area contributed by atoms with E-state index in [1.165, 1.54) is 70.6 Å². The summed E-state index contributed by atoms with van der Waals surface area (Å²) in [5, 5.41) is 0. The molecule has 0 fully saturated rings. The summed E-state index contributed by atoms with van der Waals surface area (Å²) in [5.74, 6) is 0.0570. The average molecular weight is 405 g/mol. The van der Waals surface area contributed by atoms with Crippen LogP contribution in [0.25, 0.3) is 0 Å². The van der Waals surface area contributed by atoms with Gasteiger partial charge >= 0.3 is 5.97 Å². The molecule has 0 radical (unpaired) electrons. The summed E-state index contributed by atoms with van der Waals surface area (Å²) in [7, 11) is 0. The quantitative estimate of drug-likeness (QED) is 0.115. The fourth-order valence-electron chi connectivity index (χ4n) is 3.32. The molecule has 0 N–H and O–H groups in total. The van der Waals surface area contributed by atoms with E-state index in [2.05, 4.69) is 6.92 Å². The van der Waals surface area contributed by atoms with E-state index in [0.29, 0.717) is 12.2 Å². The minimum absolute atomic E-state index is 0.215. The van der Waals surface area contributed by atoms with Crippen molar-refractivity contribution in [2.24, 2.45) is 0 Å². The summed E-state index contributed by atoms with van der Waals surface area (Å²) in [4.78, 5) is 23.4. The smallest absolute Gasteiger partial charge is 0.313 e. The first-order valence-electron chi connectivity index (χ1n) is 11.6. The van der Waals surface area contributed by atoms with Crippen LogP contribution in [0.2, 0.25) is 0 Å². The molecule has 0 heterocycles. The summed E-state index contributed by atoms with van der Waals surface area (Å²) in [6.07, 6.45) is 15.7.